The van der Waals surface area contributed by atoms with Gasteiger partial charge in [-0.05, 0) is 33.6 Å². The Morgan fingerprint density at radius 3 is 2.29 bits per heavy atom. The van der Waals surface area contributed by atoms with Crippen LogP contribution in [0.4, 0.5) is 4.79 Å². The summed E-state index contributed by atoms with van der Waals surface area (Å²) in [4.78, 5) is 23.3. The largest absolute Gasteiger partial charge is 0.543 e. The van der Waals surface area contributed by atoms with Crippen LogP contribution in [0.1, 0.15) is 52.9 Å². The summed E-state index contributed by atoms with van der Waals surface area (Å²) < 4.78 is 18.6. The summed E-state index contributed by atoms with van der Waals surface area (Å²) in [6.07, 6.45) is -0.464. The minimum absolute atomic E-state index is 0.0730. The fourth-order valence-electron chi connectivity index (χ4n) is 2.12. The van der Waals surface area contributed by atoms with Crippen molar-refractivity contribution in [3.63, 3.8) is 0 Å². The van der Waals surface area contributed by atoms with E-state index in [2.05, 4.69) is 9.47 Å². The molecule has 1 aliphatic rings. The Hall–Kier alpha value is -1.34. The molecule has 1 aliphatic carbocycles. The molecule has 0 N–H and O–H groups in total. The molecule has 0 bridgehead atoms. The molecule has 0 amide bonds. The molecule has 121 valence electrons. The molecular weight excluding hydrogens is 280 g/mol. The lowest BCUT2D eigenvalue weighted by Gasteiger charge is -2.26. The Morgan fingerprint density at radius 2 is 1.76 bits per heavy atom. The Bertz CT molecular complexity index is 349. The lowest BCUT2D eigenvalue weighted by molar-refractivity contribution is -0.474. The van der Waals surface area contributed by atoms with Crippen LogP contribution in [0.3, 0.4) is 0 Å². The molecule has 0 saturated heterocycles. The van der Waals surface area contributed by atoms with Gasteiger partial charge in [-0.25, -0.2) is 4.79 Å². The van der Waals surface area contributed by atoms with E-state index < -0.39 is 24.4 Å². The fourth-order valence-corrected chi connectivity index (χ4v) is 2.12. The van der Waals surface area contributed by atoms with E-state index in [-0.39, 0.29) is 12.5 Å². The first-order valence-electron chi connectivity index (χ1n) is 7.33. The summed E-state index contributed by atoms with van der Waals surface area (Å²) in [5.74, 6) is -1.05. The van der Waals surface area contributed by atoms with Gasteiger partial charge in [0.2, 0.25) is 0 Å². The zero-order valence-corrected chi connectivity index (χ0v) is 12.8. The predicted octanol–water partition coefficient (Wildman–Crippen LogP) is 2.75. The number of carbonyl (C=O) groups excluding carboxylic acids is 2. The van der Waals surface area contributed by atoms with Gasteiger partial charge in [0.15, 0.2) is 0 Å². The van der Waals surface area contributed by atoms with E-state index in [9.17, 15) is 14.7 Å². The molecule has 7 nitrogen and oxygen atoms in total. The van der Waals surface area contributed by atoms with Crippen LogP contribution in [-0.2, 0) is 28.8 Å². The molecule has 1 radical (unpaired) electrons. The van der Waals surface area contributed by atoms with Crippen molar-refractivity contribution in [2.24, 2.45) is 5.92 Å². The maximum Gasteiger partial charge on any atom is 0.543 e. The quantitative estimate of drug-likeness (QED) is 0.553. The number of rotatable bonds is 6. The van der Waals surface area contributed by atoms with E-state index >= 15 is 0 Å². The summed E-state index contributed by atoms with van der Waals surface area (Å²) in [6.45, 7) is 4.65. The molecule has 1 rings (SSSR count). The van der Waals surface area contributed by atoms with Crippen molar-refractivity contribution in [3.05, 3.63) is 0 Å². The summed E-state index contributed by atoms with van der Waals surface area (Å²) in [5, 5.41) is 12.2. The van der Waals surface area contributed by atoms with Crippen molar-refractivity contribution in [1.82, 2.24) is 0 Å². The average Bonchev–Trinajstić information content (AvgIpc) is 2.38. The van der Waals surface area contributed by atoms with Gasteiger partial charge in [0, 0.05) is 0 Å². The Balaban J connectivity index is 2.60. The van der Waals surface area contributed by atoms with Crippen molar-refractivity contribution in [1.29, 1.82) is 0 Å². The van der Waals surface area contributed by atoms with Gasteiger partial charge in [0.25, 0.3) is 0 Å². The first-order chi connectivity index (χ1) is 9.86. The smallest absolute Gasteiger partial charge is 0.431 e. The average molecular weight is 303 g/mol. The third-order valence-electron chi connectivity index (χ3n) is 3.03. The lowest BCUT2D eigenvalue weighted by Crippen LogP contribution is -2.43. The topological polar surface area (TPSA) is 91.0 Å². The fraction of sp³-hybridized carbons (Fsp3) is 0.857. The van der Waals surface area contributed by atoms with Gasteiger partial charge >= 0.3 is 18.3 Å². The van der Waals surface area contributed by atoms with Gasteiger partial charge in [-0.15, -0.1) is 5.11 Å². The highest BCUT2D eigenvalue weighted by Gasteiger charge is 2.43. The molecule has 1 saturated carbocycles. The second-order valence-electron chi connectivity index (χ2n) is 5.21. The lowest BCUT2D eigenvalue weighted by atomic mass is 9.89. The molecule has 0 aliphatic heterocycles. The maximum atomic E-state index is 12.2. The van der Waals surface area contributed by atoms with E-state index in [1.54, 1.807) is 13.8 Å². The summed E-state index contributed by atoms with van der Waals surface area (Å²) in [6, 6.07) is 0. The van der Waals surface area contributed by atoms with Crippen LogP contribution in [0.25, 0.3) is 0 Å². The first kappa shape index (κ1) is 17.7. The van der Waals surface area contributed by atoms with Crippen LogP contribution >= 0.6 is 0 Å². The number of hydrogen-bond donors (Lipinski definition) is 0. The SMILES string of the molecule is CCOC([O])(OC(=O)OC(C)C)OC(=O)C1CCCCC1. The van der Waals surface area contributed by atoms with Gasteiger partial charge < -0.3 is 14.2 Å². The summed E-state index contributed by atoms with van der Waals surface area (Å²) >= 11 is 0. The van der Waals surface area contributed by atoms with Crippen molar-refractivity contribution < 1.29 is 33.6 Å². The van der Waals surface area contributed by atoms with Crippen molar-refractivity contribution in [3.8, 4) is 0 Å². The predicted molar refractivity (Wildman–Crippen MR) is 70.4 cm³/mol. The van der Waals surface area contributed by atoms with Crippen LogP contribution in [0.5, 0.6) is 0 Å². The molecule has 7 heteroatoms. The Labute approximate surface area is 124 Å². The van der Waals surface area contributed by atoms with E-state index in [0.717, 1.165) is 19.3 Å². The molecule has 1 atom stereocenters. The maximum absolute atomic E-state index is 12.2. The molecule has 0 heterocycles. The Morgan fingerprint density at radius 1 is 1.14 bits per heavy atom. The normalized spacial score (nSPS) is 18.9. The second-order valence-corrected chi connectivity index (χ2v) is 5.21. The van der Waals surface area contributed by atoms with E-state index in [0.29, 0.717) is 12.8 Å². The van der Waals surface area contributed by atoms with E-state index in [1.807, 2.05) is 0 Å². The highest BCUT2D eigenvalue weighted by atomic mass is 17.0. The van der Waals surface area contributed by atoms with Gasteiger partial charge in [0.05, 0.1) is 18.6 Å². The highest BCUT2D eigenvalue weighted by molar-refractivity contribution is 5.73. The van der Waals surface area contributed by atoms with E-state index in [4.69, 9.17) is 9.47 Å². The van der Waals surface area contributed by atoms with Crippen LogP contribution in [-0.4, -0.2) is 31.0 Å². The number of ether oxygens (including phenoxy) is 4. The minimum atomic E-state index is -2.99. The van der Waals surface area contributed by atoms with Gasteiger partial charge in [-0.1, -0.05) is 19.3 Å². The number of esters is 1. The molecule has 1 unspecified atom stereocenters. The van der Waals surface area contributed by atoms with E-state index in [1.165, 1.54) is 6.92 Å². The van der Waals surface area contributed by atoms with Crippen LogP contribution < -0.4 is 0 Å². The van der Waals surface area contributed by atoms with Crippen LogP contribution in [0.15, 0.2) is 0 Å². The zero-order valence-electron chi connectivity index (χ0n) is 12.8. The standard InChI is InChI=1S/C14H23O7/c1-4-18-14(17,21-13(16)19-10(2)3)20-12(15)11-8-6-5-7-9-11/h10-11H,4-9H2,1-3H3. The van der Waals surface area contributed by atoms with Gasteiger partial charge in [-0.2, -0.15) is 0 Å². The van der Waals surface area contributed by atoms with Gasteiger partial charge in [-0.3, -0.25) is 9.53 Å². The Kier molecular flexibility index (Phi) is 6.91. The number of carbonyl (C=O) groups is 2. The highest BCUT2D eigenvalue weighted by Crippen LogP contribution is 2.27. The van der Waals surface area contributed by atoms with Crippen molar-refractivity contribution in [2.75, 3.05) is 6.61 Å². The second kappa shape index (κ2) is 8.19. The third kappa shape index (κ3) is 6.31. The zero-order chi connectivity index (χ0) is 15.9. The first-order valence-corrected chi connectivity index (χ1v) is 7.33. The molecule has 0 aromatic rings. The molecule has 1 fully saturated rings. The molecule has 0 aromatic heterocycles. The van der Waals surface area contributed by atoms with Crippen LogP contribution in [0.2, 0.25) is 0 Å². The monoisotopic (exact) mass is 303 g/mol. The summed E-state index contributed by atoms with van der Waals surface area (Å²) in [7, 11) is 0. The third-order valence-corrected chi connectivity index (χ3v) is 3.03. The van der Waals surface area contributed by atoms with Crippen LogP contribution in [0, 0.1) is 5.92 Å². The molecule has 0 spiro atoms. The molecular formula is C14H23O7. The number of hydrogen-bond acceptors (Lipinski definition) is 6. The molecule has 21 heavy (non-hydrogen) atoms. The minimum Gasteiger partial charge on any atom is -0.431 e. The summed E-state index contributed by atoms with van der Waals surface area (Å²) in [5.41, 5.74) is 0. The molecule has 0 aromatic carbocycles. The van der Waals surface area contributed by atoms with Crippen molar-refractivity contribution >= 4 is 12.1 Å². The van der Waals surface area contributed by atoms with Gasteiger partial charge in [0.1, 0.15) is 0 Å². The van der Waals surface area contributed by atoms with Crippen molar-refractivity contribution in [2.45, 2.75) is 65.1 Å².